The van der Waals surface area contributed by atoms with Gasteiger partial charge in [-0.2, -0.15) is 0 Å². The molecule has 4 heteroatoms. The number of hydrogen-bond donors (Lipinski definition) is 0. The maximum atomic E-state index is 6.60. The molecule has 0 aliphatic heterocycles. The Balaban J connectivity index is 2.35. The van der Waals surface area contributed by atoms with Crippen molar-refractivity contribution < 1.29 is 13.9 Å². The van der Waals surface area contributed by atoms with Gasteiger partial charge in [0.25, 0.3) is 0 Å². The van der Waals surface area contributed by atoms with Crippen molar-refractivity contribution >= 4 is 11.6 Å². The first-order chi connectivity index (χ1) is 10.1. The first-order valence-electron chi connectivity index (χ1n) is 7.17. The molecule has 0 radical (unpaired) electrons. The Labute approximate surface area is 130 Å². The quantitative estimate of drug-likeness (QED) is 0.702. The molecule has 0 saturated heterocycles. The van der Waals surface area contributed by atoms with Gasteiger partial charge >= 0.3 is 0 Å². The predicted octanol–water partition coefficient (Wildman–Crippen LogP) is 5.02. The smallest absolute Gasteiger partial charge is 0.161 e. The Hall–Kier alpha value is -1.61. The lowest BCUT2D eigenvalue weighted by atomic mass is 10.0. The number of furan rings is 1. The summed E-state index contributed by atoms with van der Waals surface area (Å²) in [6.07, 6.45) is 0. The van der Waals surface area contributed by atoms with Gasteiger partial charge < -0.3 is 13.9 Å². The molecule has 2 aromatic rings. The summed E-state index contributed by atoms with van der Waals surface area (Å²) in [4.78, 5) is 0. The zero-order valence-electron chi connectivity index (χ0n) is 12.9. The van der Waals surface area contributed by atoms with Crippen LogP contribution in [0.1, 0.15) is 41.9 Å². The molecule has 1 aromatic carbocycles. The summed E-state index contributed by atoms with van der Waals surface area (Å²) in [6.45, 7) is 8.93. The second kappa shape index (κ2) is 6.90. The molecule has 2 rings (SSSR count). The largest absolute Gasteiger partial charge is 0.490 e. The van der Waals surface area contributed by atoms with Crippen molar-refractivity contribution in [2.45, 2.75) is 33.1 Å². The molecule has 0 N–H and O–H groups in total. The van der Waals surface area contributed by atoms with Crippen LogP contribution in [0.5, 0.6) is 11.5 Å². The molecule has 0 aliphatic rings. The molecule has 0 spiro atoms. The Bertz CT molecular complexity index is 604. The van der Waals surface area contributed by atoms with Crippen LogP contribution in [0.2, 0.25) is 0 Å². The van der Waals surface area contributed by atoms with Gasteiger partial charge in [-0.05, 0) is 51.5 Å². The van der Waals surface area contributed by atoms with Crippen molar-refractivity contribution in [2.24, 2.45) is 0 Å². The van der Waals surface area contributed by atoms with E-state index in [-0.39, 0.29) is 5.38 Å². The van der Waals surface area contributed by atoms with Gasteiger partial charge in [-0.3, -0.25) is 0 Å². The maximum Gasteiger partial charge on any atom is 0.161 e. The van der Waals surface area contributed by atoms with Gasteiger partial charge in [-0.25, -0.2) is 0 Å². The number of hydrogen-bond acceptors (Lipinski definition) is 3. The summed E-state index contributed by atoms with van der Waals surface area (Å²) in [5.41, 5.74) is 1.95. The molecule has 0 saturated carbocycles. The van der Waals surface area contributed by atoms with Crippen LogP contribution in [-0.4, -0.2) is 13.2 Å². The van der Waals surface area contributed by atoms with Gasteiger partial charge in [-0.1, -0.05) is 6.07 Å². The highest BCUT2D eigenvalue weighted by molar-refractivity contribution is 6.22. The number of halogens is 1. The van der Waals surface area contributed by atoms with E-state index in [0.717, 1.165) is 34.1 Å². The van der Waals surface area contributed by atoms with Crippen LogP contribution >= 0.6 is 11.6 Å². The van der Waals surface area contributed by atoms with Crippen molar-refractivity contribution in [3.05, 3.63) is 46.9 Å². The Morgan fingerprint density at radius 3 is 2.29 bits per heavy atom. The minimum Gasteiger partial charge on any atom is -0.490 e. The molecular formula is C17H21ClO3. The van der Waals surface area contributed by atoms with E-state index in [1.165, 1.54) is 0 Å². The second-order valence-electron chi connectivity index (χ2n) is 4.80. The van der Waals surface area contributed by atoms with E-state index < -0.39 is 0 Å². The SMILES string of the molecule is CCOc1ccc(C(Cl)c2cc(C)oc2C)cc1OCC. The third-order valence-electron chi connectivity index (χ3n) is 3.21. The summed E-state index contributed by atoms with van der Waals surface area (Å²) >= 11 is 6.60. The van der Waals surface area contributed by atoms with Gasteiger partial charge in [0.2, 0.25) is 0 Å². The summed E-state index contributed by atoms with van der Waals surface area (Å²) in [6, 6.07) is 7.78. The molecule has 0 fully saturated rings. The van der Waals surface area contributed by atoms with E-state index in [2.05, 4.69) is 0 Å². The number of alkyl halides is 1. The third kappa shape index (κ3) is 3.53. The zero-order valence-corrected chi connectivity index (χ0v) is 13.7. The van der Waals surface area contributed by atoms with Gasteiger partial charge in [-0.15, -0.1) is 11.6 Å². The molecule has 1 unspecified atom stereocenters. The van der Waals surface area contributed by atoms with Crippen LogP contribution in [0.15, 0.2) is 28.7 Å². The minimum atomic E-state index is -0.266. The van der Waals surface area contributed by atoms with Crippen LogP contribution in [0, 0.1) is 13.8 Å². The molecule has 0 bridgehead atoms. The first kappa shape index (κ1) is 15.8. The summed E-state index contributed by atoms with van der Waals surface area (Å²) in [5.74, 6) is 3.18. The van der Waals surface area contributed by atoms with Gasteiger partial charge in [0.1, 0.15) is 11.5 Å². The van der Waals surface area contributed by atoms with Crippen LogP contribution in [0.3, 0.4) is 0 Å². The molecule has 3 nitrogen and oxygen atoms in total. The van der Waals surface area contributed by atoms with E-state index >= 15 is 0 Å². The van der Waals surface area contributed by atoms with Gasteiger partial charge in [0.05, 0.1) is 18.6 Å². The van der Waals surface area contributed by atoms with Gasteiger partial charge in [0, 0.05) is 5.56 Å². The lowest BCUT2D eigenvalue weighted by Gasteiger charge is -2.15. The first-order valence-corrected chi connectivity index (χ1v) is 7.61. The Kier molecular flexibility index (Phi) is 5.18. The molecular weight excluding hydrogens is 288 g/mol. The number of benzene rings is 1. The fraction of sp³-hybridized carbons (Fsp3) is 0.412. The molecule has 0 amide bonds. The standard InChI is InChI=1S/C17H21ClO3/c1-5-19-15-8-7-13(10-16(15)20-6-2)17(18)14-9-11(3)21-12(14)4/h7-10,17H,5-6H2,1-4H3. The molecule has 1 aromatic heterocycles. The van der Waals surface area contributed by atoms with Crippen molar-refractivity contribution in [1.29, 1.82) is 0 Å². The maximum absolute atomic E-state index is 6.60. The van der Waals surface area contributed by atoms with E-state index in [0.29, 0.717) is 13.2 Å². The average Bonchev–Trinajstić information content (AvgIpc) is 2.79. The number of aryl methyl sites for hydroxylation is 2. The topological polar surface area (TPSA) is 31.6 Å². The van der Waals surface area contributed by atoms with Crippen LogP contribution < -0.4 is 9.47 Å². The average molecular weight is 309 g/mol. The van der Waals surface area contributed by atoms with Crippen molar-refractivity contribution in [3.63, 3.8) is 0 Å². The Morgan fingerprint density at radius 2 is 1.71 bits per heavy atom. The van der Waals surface area contributed by atoms with Crippen LogP contribution in [0.4, 0.5) is 0 Å². The van der Waals surface area contributed by atoms with Crippen molar-refractivity contribution in [3.8, 4) is 11.5 Å². The highest BCUT2D eigenvalue weighted by Gasteiger charge is 2.18. The van der Waals surface area contributed by atoms with Crippen LogP contribution in [-0.2, 0) is 0 Å². The lowest BCUT2D eigenvalue weighted by molar-refractivity contribution is 0.287. The molecule has 0 aliphatic carbocycles. The fourth-order valence-corrected chi connectivity index (χ4v) is 2.66. The van der Waals surface area contributed by atoms with Gasteiger partial charge in [0.15, 0.2) is 11.5 Å². The van der Waals surface area contributed by atoms with E-state index in [1.54, 1.807) is 0 Å². The van der Waals surface area contributed by atoms with E-state index in [1.807, 2.05) is 52.0 Å². The van der Waals surface area contributed by atoms with Crippen molar-refractivity contribution in [2.75, 3.05) is 13.2 Å². The normalized spacial score (nSPS) is 12.2. The highest BCUT2D eigenvalue weighted by atomic mass is 35.5. The number of ether oxygens (including phenoxy) is 2. The third-order valence-corrected chi connectivity index (χ3v) is 3.70. The Morgan fingerprint density at radius 1 is 1.05 bits per heavy atom. The second-order valence-corrected chi connectivity index (χ2v) is 5.24. The summed E-state index contributed by atoms with van der Waals surface area (Å²) in [5, 5.41) is -0.266. The molecule has 1 atom stereocenters. The predicted molar refractivity (Wildman–Crippen MR) is 84.7 cm³/mol. The molecule has 21 heavy (non-hydrogen) atoms. The number of rotatable bonds is 6. The van der Waals surface area contributed by atoms with E-state index in [4.69, 9.17) is 25.5 Å². The summed E-state index contributed by atoms with van der Waals surface area (Å²) < 4.78 is 16.8. The van der Waals surface area contributed by atoms with Crippen LogP contribution in [0.25, 0.3) is 0 Å². The summed E-state index contributed by atoms with van der Waals surface area (Å²) in [7, 11) is 0. The van der Waals surface area contributed by atoms with E-state index in [9.17, 15) is 0 Å². The fourth-order valence-electron chi connectivity index (χ4n) is 2.31. The highest BCUT2D eigenvalue weighted by Crippen LogP contribution is 2.37. The lowest BCUT2D eigenvalue weighted by Crippen LogP contribution is -2.01. The minimum absolute atomic E-state index is 0.266. The monoisotopic (exact) mass is 308 g/mol. The molecule has 1 heterocycles. The van der Waals surface area contributed by atoms with Crippen molar-refractivity contribution in [1.82, 2.24) is 0 Å². The zero-order chi connectivity index (χ0) is 15.4. The molecule has 114 valence electrons.